The molecule has 3 heterocycles. The Morgan fingerprint density at radius 2 is 1.84 bits per heavy atom. The monoisotopic (exact) mass is 432 g/mol. The van der Waals surface area contributed by atoms with Crippen molar-refractivity contribution < 1.29 is 18.0 Å². The van der Waals surface area contributed by atoms with E-state index in [1.807, 2.05) is 7.05 Å². The Kier molecular flexibility index (Phi) is 6.18. The summed E-state index contributed by atoms with van der Waals surface area (Å²) in [5.74, 6) is -0.992. The molecule has 4 rings (SSSR count). The van der Waals surface area contributed by atoms with Crippen LogP contribution < -0.4 is 9.80 Å². The molecule has 1 aromatic carbocycles. The summed E-state index contributed by atoms with van der Waals surface area (Å²) < 4.78 is 42.6. The van der Waals surface area contributed by atoms with Crippen LogP contribution in [0.4, 0.5) is 24.7 Å². The van der Waals surface area contributed by atoms with Gasteiger partial charge in [-0.3, -0.25) is 4.79 Å². The molecule has 8 heteroatoms. The Labute approximate surface area is 180 Å². The molecule has 0 spiro atoms. The van der Waals surface area contributed by atoms with Crippen molar-refractivity contribution in [2.24, 2.45) is 5.92 Å². The second kappa shape index (κ2) is 8.86. The van der Waals surface area contributed by atoms with E-state index in [9.17, 15) is 18.0 Å². The number of nitrogens with zero attached hydrogens (tertiary/aromatic N) is 4. The van der Waals surface area contributed by atoms with Crippen LogP contribution in [0.2, 0.25) is 0 Å². The summed E-state index contributed by atoms with van der Waals surface area (Å²) >= 11 is 0. The van der Waals surface area contributed by atoms with Gasteiger partial charge in [-0.25, -0.2) is 18.2 Å². The van der Waals surface area contributed by atoms with E-state index in [2.05, 4.69) is 9.88 Å². The molecule has 1 atom stereocenters. The molecule has 2 aliphatic heterocycles. The van der Waals surface area contributed by atoms with Gasteiger partial charge in [-0.1, -0.05) is 0 Å². The Bertz CT molecular complexity index is 962. The van der Waals surface area contributed by atoms with Crippen molar-refractivity contribution in [3.05, 3.63) is 42.1 Å². The lowest BCUT2D eigenvalue weighted by Crippen LogP contribution is -2.40. The van der Waals surface area contributed by atoms with E-state index in [0.29, 0.717) is 30.0 Å². The zero-order valence-corrected chi connectivity index (χ0v) is 17.8. The minimum absolute atomic E-state index is 0.0534. The Balaban J connectivity index is 1.79. The van der Waals surface area contributed by atoms with E-state index in [-0.39, 0.29) is 23.9 Å². The molecule has 2 saturated heterocycles. The number of benzene rings is 1. The molecule has 2 fully saturated rings. The van der Waals surface area contributed by atoms with Crippen molar-refractivity contribution in [2.45, 2.75) is 25.4 Å². The fourth-order valence-corrected chi connectivity index (χ4v) is 4.48. The van der Waals surface area contributed by atoms with Crippen molar-refractivity contribution in [3.8, 4) is 11.1 Å². The third kappa shape index (κ3) is 4.39. The van der Waals surface area contributed by atoms with Gasteiger partial charge >= 0.3 is 0 Å². The van der Waals surface area contributed by atoms with Crippen LogP contribution in [0.25, 0.3) is 11.1 Å². The first-order chi connectivity index (χ1) is 14.8. The first kappa shape index (κ1) is 21.6. The summed E-state index contributed by atoms with van der Waals surface area (Å²) in [5.41, 5.74) is 0.816. The van der Waals surface area contributed by atoms with Crippen molar-refractivity contribution in [1.29, 1.82) is 0 Å². The van der Waals surface area contributed by atoms with Crippen LogP contribution in [-0.4, -0.2) is 62.2 Å². The summed E-state index contributed by atoms with van der Waals surface area (Å²) in [6, 6.07) is 4.83. The molecule has 0 aliphatic carbocycles. The zero-order chi connectivity index (χ0) is 22.1. The lowest BCUT2D eigenvalue weighted by atomic mass is 9.95. The lowest BCUT2D eigenvalue weighted by Gasteiger charge is -2.33. The number of halogens is 3. The largest absolute Gasteiger partial charge is 0.352 e. The maximum Gasteiger partial charge on any atom is 0.230 e. The fraction of sp³-hybridized carbons (Fsp3) is 0.478. The third-order valence-electron chi connectivity index (χ3n) is 6.29. The summed E-state index contributed by atoms with van der Waals surface area (Å²) in [6.45, 7) is 2.26. The van der Waals surface area contributed by atoms with Crippen molar-refractivity contribution in [1.82, 2.24) is 9.88 Å². The Morgan fingerprint density at radius 3 is 2.52 bits per heavy atom. The quantitative estimate of drug-likeness (QED) is 0.735. The number of pyridine rings is 1. The maximum atomic E-state index is 14.7. The molecule has 5 nitrogen and oxygen atoms in total. The number of hydrogen-bond donors (Lipinski definition) is 0. The minimum atomic E-state index is -0.987. The van der Waals surface area contributed by atoms with Gasteiger partial charge in [-0.05, 0) is 63.7 Å². The average molecular weight is 432 g/mol. The van der Waals surface area contributed by atoms with Gasteiger partial charge in [-0.15, -0.1) is 0 Å². The van der Waals surface area contributed by atoms with Crippen molar-refractivity contribution in [2.75, 3.05) is 50.1 Å². The van der Waals surface area contributed by atoms with Crippen LogP contribution in [0.15, 0.2) is 30.5 Å². The van der Waals surface area contributed by atoms with Gasteiger partial charge in [0.15, 0.2) is 5.82 Å². The number of piperidine rings is 1. The van der Waals surface area contributed by atoms with E-state index in [0.717, 1.165) is 44.1 Å². The van der Waals surface area contributed by atoms with Crippen LogP contribution in [-0.2, 0) is 4.79 Å². The van der Waals surface area contributed by atoms with E-state index in [1.165, 1.54) is 11.1 Å². The number of aromatic nitrogens is 1. The molecular weight excluding hydrogens is 405 g/mol. The van der Waals surface area contributed by atoms with Gasteiger partial charge in [0.1, 0.15) is 17.8 Å². The second-order valence-electron chi connectivity index (χ2n) is 8.46. The van der Waals surface area contributed by atoms with Crippen LogP contribution in [0, 0.1) is 17.6 Å². The molecule has 2 aromatic rings. The zero-order valence-electron chi connectivity index (χ0n) is 17.8. The molecule has 0 saturated carbocycles. The summed E-state index contributed by atoms with van der Waals surface area (Å²) in [6.07, 6.45) is 2.34. The average Bonchev–Trinajstić information content (AvgIpc) is 3.20. The first-order valence-electron chi connectivity index (χ1n) is 10.6. The molecule has 2 aliphatic rings. The minimum Gasteiger partial charge on any atom is -0.352 e. The van der Waals surface area contributed by atoms with Gasteiger partial charge < -0.3 is 14.7 Å². The lowest BCUT2D eigenvalue weighted by molar-refractivity contribution is -0.123. The topological polar surface area (TPSA) is 39.7 Å². The van der Waals surface area contributed by atoms with Crippen LogP contribution in [0.3, 0.4) is 0 Å². The molecule has 1 aromatic heterocycles. The Hall–Kier alpha value is -2.61. The van der Waals surface area contributed by atoms with E-state index in [1.54, 1.807) is 18.0 Å². The molecule has 0 N–H and O–H groups in total. The molecule has 31 heavy (non-hydrogen) atoms. The standard InChI is InChI=1S/C23H27F3N4O/c1-28-10-6-15(7-11-28)23(31)29(2)21-18(19-13-16(24)3-4-20(19)26)5-9-27-22(21)30-12-8-17(25)14-30/h3-5,9,13,15,17H,6-8,10-12,14H2,1-2H3/t17-/m0/s1. The highest BCUT2D eigenvalue weighted by Crippen LogP contribution is 2.40. The smallest absolute Gasteiger partial charge is 0.230 e. The van der Waals surface area contributed by atoms with Gasteiger partial charge in [0.25, 0.3) is 0 Å². The van der Waals surface area contributed by atoms with Crippen molar-refractivity contribution in [3.63, 3.8) is 0 Å². The highest BCUT2D eigenvalue weighted by atomic mass is 19.1. The molecule has 0 bridgehead atoms. The molecular formula is C23H27F3N4O. The van der Waals surface area contributed by atoms with Gasteiger partial charge in [0.2, 0.25) is 5.91 Å². The molecule has 166 valence electrons. The maximum absolute atomic E-state index is 14.7. The number of hydrogen-bond acceptors (Lipinski definition) is 4. The number of likely N-dealkylation sites (tertiary alicyclic amines) is 1. The fourth-order valence-electron chi connectivity index (χ4n) is 4.48. The summed E-state index contributed by atoms with van der Waals surface area (Å²) in [7, 11) is 3.67. The predicted octanol–water partition coefficient (Wildman–Crippen LogP) is 3.88. The third-order valence-corrected chi connectivity index (χ3v) is 6.29. The highest BCUT2D eigenvalue weighted by molar-refractivity contribution is 6.02. The first-order valence-corrected chi connectivity index (χ1v) is 10.6. The summed E-state index contributed by atoms with van der Waals surface area (Å²) in [5, 5.41) is 0. The number of rotatable bonds is 4. The number of amides is 1. The van der Waals surface area contributed by atoms with Gasteiger partial charge in [0.05, 0.1) is 12.2 Å². The normalized spacial score (nSPS) is 20.3. The molecule has 0 radical (unpaired) electrons. The molecule has 0 unspecified atom stereocenters. The summed E-state index contributed by atoms with van der Waals surface area (Å²) in [4.78, 5) is 23.3. The van der Waals surface area contributed by atoms with E-state index in [4.69, 9.17) is 0 Å². The highest BCUT2D eigenvalue weighted by Gasteiger charge is 2.32. The van der Waals surface area contributed by atoms with Crippen LogP contribution in [0.5, 0.6) is 0 Å². The Morgan fingerprint density at radius 1 is 1.10 bits per heavy atom. The number of carbonyl (C=O) groups is 1. The van der Waals surface area contributed by atoms with Gasteiger partial charge in [-0.2, -0.15) is 0 Å². The SMILES string of the molecule is CN1CCC(C(=O)N(C)c2c(-c3cc(F)ccc3F)ccnc2N2CC[C@H](F)C2)CC1. The van der Waals surface area contributed by atoms with Crippen LogP contribution in [0.1, 0.15) is 19.3 Å². The predicted molar refractivity (Wildman–Crippen MR) is 115 cm³/mol. The number of alkyl halides is 1. The van der Waals surface area contributed by atoms with E-state index >= 15 is 0 Å². The van der Waals surface area contributed by atoms with Gasteiger partial charge in [0, 0.05) is 36.8 Å². The number of carbonyl (C=O) groups excluding carboxylic acids is 1. The van der Waals surface area contributed by atoms with E-state index < -0.39 is 17.8 Å². The second-order valence-corrected chi connectivity index (χ2v) is 8.46. The molecule has 1 amide bonds. The number of anilines is 2. The van der Waals surface area contributed by atoms with Crippen LogP contribution >= 0.6 is 0 Å². The van der Waals surface area contributed by atoms with Crippen molar-refractivity contribution >= 4 is 17.4 Å².